The number of furan rings is 1. The van der Waals surface area contributed by atoms with E-state index in [1.165, 1.54) is 23.1 Å². The first-order valence-corrected chi connectivity index (χ1v) is 7.05. The number of carbonyl (C=O) groups is 1. The molecule has 1 aliphatic heterocycles. The third-order valence-corrected chi connectivity index (χ3v) is 3.96. The molecule has 1 amide bonds. The van der Waals surface area contributed by atoms with Crippen molar-refractivity contribution in [2.24, 2.45) is 0 Å². The van der Waals surface area contributed by atoms with Crippen LogP contribution in [0, 0.1) is 5.82 Å². The van der Waals surface area contributed by atoms with E-state index in [-0.39, 0.29) is 6.04 Å². The number of anilines is 1. The average molecular weight is 327 g/mol. The van der Waals surface area contributed by atoms with E-state index < -0.39 is 29.2 Å². The zero-order valence-corrected chi connectivity index (χ0v) is 12.2. The predicted molar refractivity (Wildman–Crippen MR) is 74.7 cm³/mol. The van der Waals surface area contributed by atoms with Gasteiger partial charge in [-0.25, -0.2) is 4.39 Å². The topological polar surface area (TPSA) is 33.5 Å². The number of rotatable bonds is 1. The molecule has 1 aliphatic rings. The Balaban J connectivity index is 2.05. The molecule has 0 aliphatic carbocycles. The van der Waals surface area contributed by atoms with Crippen LogP contribution in [0.3, 0.4) is 0 Å². The van der Waals surface area contributed by atoms with Crippen molar-refractivity contribution in [1.82, 2.24) is 0 Å². The molecule has 2 aromatic rings. The van der Waals surface area contributed by atoms with Crippen LogP contribution in [-0.4, -0.2) is 11.9 Å². The molecule has 0 saturated heterocycles. The van der Waals surface area contributed by atoms with Crippen LogP contribution in [0.5, 0.6) is 0 Å². The van der Waals surface area contributed by atoms with Crippen LogP contribution in [0.1, 0.15) is 35.0 Å². The lowest BCUT2D eigenvalue weighted by atomic mass is 9.96. The van der Waals surface area contributed by atoms with Crippen LogP contribution in [0.4, 0.5) is 23.2 Å². The normalized spacial score (nSPS) is 18.0. The zero-order chi connectivity index (χ0) is 16.8. The van der Waals surface area contributed by atoms with Gasteiger partial charge < -0.3 is 9.32 Å². The minimum absolute atomic E-state index is 0.313. The van der Waals surface area contributed by atoms with Crippen molar-refractivity contribution in [3.8, 4) is 0 Å². The van der Waals surface area contributed by atoms with Gasteiger partial charge in [-0.05, 0) is 49.6 Å². The number of aryl methyl sites for hydroxylation is 1. The minimum atomic E-state index is -4.68. The molecule has 0 spiro atoms. The summed E-state index contributed by atoms with van der Waals surface area (Å²) in [6.07, 6.45) is -2.74. The van der Waals surface area contributed by atoms with E-state index in [1.807, 2.05) is 0 Å². The maximum Gasteiger partial charge on any atom is 0.420 e. The highest BCUT2D eigenvalue weighted by Crippen LogP contribution is 2.37. The van der Waals surface area contributed by atoms with Gasteiger partial charge >= 0.3 is 6.18 Å². The van der Waals surface area contributed by atoms with Crippen LogP contribution in [0.2, 0.25) is 0 Å². The number of benzene rings is 1. The van der Waals surface area contributed by atoms with E-state index in [0.717, 1.165) is 12.3 Å². The Morgan fingerprint density at radius 2 is 2.04 bits per heavy atom. The first-order valence-electron chi connectivity index (χ1n) is 7.05. The lowest BCUT2D eigenvalue weighted by molar-refractivity contribution is -0.138. The Bertz CT molecular complexity index is 751. The number of hydrogen-bond donors (Lipinski definition) is 0. The second kappa shape index (κ2) is 5.40. The third kappa shape index (κ3) is 2.71. The molecule has 3 nitrogen and oxygen atoms in total. The maximum absolute atomic E-state index is 13.3. The number of fused-ring (bicyclic) bond motifs is 1. The van der Waals surface area contributed by atoms with Gasteiger partial charge in [0.1, 0.15) is 11.4 Å². The van der Waals surface area contributed by atoms with Crippen molar-refractivity contribution < 1.29 is 26.8 Å². The smallest absolute Gasteiger partial charge is 0.420 e. The van der Waals surface area contributed by atoms with Crippen molar-refractivity contribution in [1.29, 1.82) is 0 Å². The highest BCUT2D eigenvalue weighted by molar-refractivity contribution is 6.06. The molecule has 1 aromatic carbocycles. The lowest BCUT2D eigenvalue weighted by Gasteiger charge is -2.35. The van der Waals surface area contributed by atoms with Gasteiger partial charge in [-0.2, -0.15) is 13.2 Å². The van der Waals surface area contributed by atoms with E-state index >= 15 is 0 Å². The molecular weight excluding hydrogens is 314 g/mol. The van der Waals surface area contributed by atoms with Gasteiger partial charge in [-0.1, -0.05) is 0 Å². The Morgan fingerprint density at radius 1 is 1.30 bits per heavy atom. The van der Waals surface area contributed by atoms with Crippen molar-refractivity contribution in [2.45, 2.75) is 32.0 Å². The van der Waals surface area contributed by atoms with Gasteiger partial charge in [0.25, 0.3) is 5.91 Å². The van der Waals surface area contributed by atoms with E-state index in [4.69, 9.17) is 4.42 Å². The van der Waals surface area contributed by atoms with Crippen LogP contribution in [0.15, 0.2) is 34.9 Å². The van der Waals surface area contributed by atoms with Crippen LogP contribution in [0.25, 0.3) is 0 Å². The average Bonchev–Trinajstić information content (AvgIpc) is 2.96. The summed E-state index contributed by atoms with van der Waals surface area (Å²) in [4.78, 5) is 13.9. The number of amides is 1. The van der Waals surface area contributed by atoms with E-state index in [2.05, 4.69) is 0 Å². The van der Waals surface area contributed by atoms with Gasteiger partial charge in [0.2, 0.25) is 5.76 Å². The molecule has 0 fully saturated rings. The van der Waals surface area contributed by atoms with Gasteiger partial charge in [0.05, 0.1) is 6.26 Å². The van der Waals surface area contributed by atoms with Gasteiger partial charge in [0.15, 0.2) is 0 Å². The molecule has 23 heavy (non-hydrogen) atoms. The highest BCUT2D eigenvalue weighted by Gasteiger charge is 2.40. The fourth-order valence-corrected chi connectivity index (χ4v) is 2.84. The monoisotopic (exact) mass is 327 g/mol. The Kier molecular flexibility index (Phi) is 3.66. The molecule has 122 valence electrons. The zero-order valence-electron chi connectivity index (χ0n) is 12.2. The summed E-state index contributed by atoms with van der Waals surface area (Å²) >= 11 is 0. The van der Waals surface area contributed by atoms with Gasteiger partial charge in [-0.15, -0.1) is 0 Å². The number of hydrogen-bond acceptors (Lipinski definition) is 2. The second-order valence-corrected chi connectivity index (χ2v) is 5.50. The summed E-state index contributed by atoms with van der Waals surface area (Å²) < 4.78 is 57.1. The van der Waals surface area contributed by atoms with Crippen molar-refractivity contribution in [3.05, 3.63) is 53.2 Å². The fourth-order valence-electron chi connectivity index (χ4n) is 2.84. The number of carbonyl (C=O) groups excluding carboxylic acids is 1. The van der Waals surface area contributed by atoms with E-state index in [0.29, 0.717) is 24.1 Å². The van der Waals surface area contributed by atoms with Crippen LogP contribution in [-0.2, 0) is 12.6 Å². The minimum Gasteiger partial charge on any atom is -0.459 e. The SMILES string of the molecule is CC1CCc2cc(F)ccc2N1C(=O)c1occc1C(F)(F)F. The standard InChI is InChI=1S/C16H13F4NO2/c1-9-2-3-10-8-11(17)4-5-13(10)21(9)15(22)14-12(6-7-23-14)16(18,19)20/h4-9H,2-3H2,1H3. The first-order chi connectivity index (χ1) is 10.8. The molecular formula is C16H13F4NO2. The third-order valence-electron chi connectivity index (χ3n) is 3.96. The number of alkyl halides is 3. The molecule has 0 bridgehead atoms. The molecule has 3 rings (SSSR count). The van der Waals surface area contributed by atoms with E-state index in [1.54, 1.807) is 6.92 Å². The molecule has 0 N–H and O–H groups in total. The molecule has 0 saturated carbocycles. The molecule has 1 unspecified atom stereocenters. The number of halogens is 4. The molecule has 1 aromatic heterocycles. The van der Waals surface area contributed by atoms with Gasteiger partial charge in [-0.3, -0.25) is 4.79 Å². The Hall–Kier alpha value is -2.31. The van der Waals surface area contributed by atoms with Crippen molar-refractivity contribution in [2.75, 3.05) is 4.90 Å². The fraction of sp³-hybridized carbons (Fsp3) is 0.312. The van der Waals surface area contributed by atoms with Crippen LogP contribution >= 0.6 is 0 Å². The van der Waals surface area contributed by atoms with Gasteiger partial charge in [0, 0.05) is 11.7 Å². The van der Waals surface area contributed by atoms with E-state index in [9.17, 15) is 22.4 Å². The summed E-state index contributed by atoms with van der Waals surface area (Å²) in [5.41, 5.74) is -0.0971. The quantitative estimate of drug-likeness (QED) is 0.727. The first kappa shape index (κ1) is 15.6. The van der Waals surface area contributed by atoms with Crippen molar-refractivity contribution in [3.63, 3.8) is 0 Å². The molecule has 7 heteroatoms. The molecule has 1 atom stereocenters. The summed E-state index contributed by atoms with van der Waals surface area (Å²) in [6, 6.07) is 4.31. The Morgan fingerprint density at radius 3 is 2.74 bits per heavy atom. The molecule has 0 radical (unpaired) electrons. The summed E-state index contributed by atoms with van der Waals surface area (Å²) in [5.74, 6) is -2.07. The number of nitrogens with zero attached hydrogens (tertiary/aromatic N) is 1. The lowest BCUT2D eigenvalue weighted by Crippen LogP contribution is -2.42. The summed E-state index contributed by atoms with van der Waals surface area (Å²) in [5, 5.41) is 0. The largest absolute Gasteiger partial charge is 0.459 e. The Labute approximate surface area is 129 Å². The maximum atomic E-state index is 13.3. The summed E-state index contributed by atoms with van der Waals surface area (Å²) in [6.45, 7) is 1.74. The predicted octanol–water partition coefficient (Wildman–Crippen LogP) is 4.42. The van der Waals surface area contributed by atoms with Crippen molar-refractivity contribution >= 4 is 11.6 Å². The summed E-state index contributed by atoms with van der Waals surface area (Å²) in [7, 11) is 0. The highest BCUT2D eigenvalue weighted by atomic mass is 19.4. The molecule has 2 heterocycles. The van der Waals surface area contributed by atoms with Crippen LogP contribution < -0.4 is 4.90 Å². The second-order valence-electron chi connectivity index (χ2n) is 5.50.